The molecule has 9 heteroatoms. The van der Waals surface area contributed by atoms with Gasteiger partial charge in [0.2, 0.25) is 0 Å². The molecule has 0 fully saturated rings. The highest BCUT2D eigenvalue weighted by Crippen LogP contribution is 2.28. The number of nitrogens with two attached hydrogens (primary N) is 1. The zero-order valence-corrected chi connectivity index (χ0v) is 15.2. The van der Waals surface area contributed by atoms with Gasteiger partial charge in [-0.15, -0.1) is 0 Å². The minimum absolute atomic E-state index is 0.0823. The number of benzene rings is 1. The first kappa shape index (κ1) is 19.8. The van der Waals surface area contributed by atoms with E-state index in [0.717, 1.165) is 0 Å². The number of ether oxygens (including phenoxy) is 3. The van der Waals surface area contributed by atoms with Gasteiger partial charge in [-0.25, -0.2) is 4.79 Å². The number of aryl methyl sites for hydroxylation is 1. The molecule has 1 heterocycles. The van der Waals surface area contributed by atoms with Crippen LogP contribution in [0.3, 0.4) is 0 Å². The maximum absolute atomic E-state index is 12.3. The molecule has 0 atom stereocenters. The van der Waals surface area contributed by atoms with Gasteiger partial charge in [0.25, 0.3) is 11.8 Å². The van der Waals surface area contributed by atoms with Crippen LogP contribution in [0.4, 0.5) is 0 Å². The summed E-state index contributed by atoms with van der Waals surface area (Å²) in [5, 5.41) is 2.68. The zero-order valence-electron chi connectivity index (χ0n) is 15.2. The maximum atomic E-state index is 12.3. The average molecular weight is 376 g/mol. The molecule has 144 valence electrons. The Morgan fingerprint density at radius 3 is 2.52 bits per heavy atom. The first-order valence-corrected chi connectivity index (χ1v) is 7.90. The fraction of sp³-hybridized carbons (Fsp3) is 0.278. The van der Waals surface area contributed by atoms with Crippen molar-refractivity contribution in [3.05, 3.63) is 46.9 Å². The molecule has 0 unspecified atom stereocenters. The predicted molar refractivity (Wildman–Crippen MR) is 93.6 cm³/mol. The van der Waals surface area contributed by atoms with Gasteiger partial charge in [0, 0.05) is 5.56 Å². The summed E-state index contributed by atoms with van der Waals surface area (Å²) in [5.41, 5.74) is 5.66. The number of amides is 2. The number of methoxy groups -OCH3 is 2. The summed E-state index contributed by atoms with van der Waals surface area (Å²) in [6, 6.07) is 6.01. The number of rotatable bonds is 8. The van der Waals surface area contributed by atoms with Crippen LogP contribution in [0.2, 0.25) is 0 Å². The first-order chi connectivity index (χ1) is 12.8. The Morgan fingerprint density at radius 2 is 1.89 bits per heavy atom. The smallest absolute Gasteiger partial charge is 0.341 e. The number of carbonyl (C=O) groups excluding carboxylic acids is 3. The molecule has 0 saturated heterocycles. The molecule has 2 aromatic rings. The number of furan rings is 1. The van der Waals surface area contributed by atoms with Gasteiger partial charge < -0.3 is 29.7 Å². The summed E-state index contributed by atoms with van der Waals surface area (Å²) >= 11 is 0. The Kier molecular flexibility index (Phi) is 6.42. The van der Waals surface area contributed by atoms with Crippen molar-refractivity contribution in [2.75, 3.05) is 20.8 Å². The van der Waals surface area contributed by atoms with E-state index in [1.807, 2.05) is 0 Å². The minimum Gasteiger partial charge on any atom is -0.493 e. The van der Waals surface area contributed by atoms with Crippen molar-refractivity contribution < 1.29 is 33.0 Å². The van der Waals surface area contributed by atoms with E-state index in [0.29, 0.717) is 22.6 Å². The summed E-state index contributed by atoms with van der Waals surface area (Å²) in [5.74, 6) is -0.131. The van der Waals surface area contributed by atoms with Gasteiger partial charge in [-0.1, -0.05) is 0 Å². The largest absolute Gasteiger partial charge is 0.493 e. The van der Waals surface area contributed by atoms with Gasteiger partial charge >= 0.3 is 5.97 Å². The van der Waals surface area contributed by atoms with E-state index < -0.39 is 11.9 Å². The molecule has 0 spiro atoms. The maximum Gasteiger partial charge on any atom is 0.341 e. The molecular formula is C18H20N2O7. The van der Waals surface area contributed by atoms with E-state index >= 15 is 0 Å². The second kappa shape index (κ2) is 8.75. The predicted octanol–water partition coefficient (Wildman–Crippen LogP) is 1.18. The van der Waals surface area contributed by atoms with Crippen LogP contribution in [0.5, 0.6) is 11.5 Å². The van der Waals surface area contributed by atoms with Gasteiger partial charge in [0.15, 0.2) is 18.1 Å². The molecule has 2 amide bonds. The molecule has 0 aliphatic heterocycles. The van der Waals surface area contributed by atoms with Crippen LogP contribution in [-0.2, 0) is 16.1 Å². The van der Waals surface area contributed by atoms with Gasteiger partial charge in [0.1, 0.15) is 17.1 Å². The number of carbonyl (C=O) groups is 3. The summed E-state index contributed by atoms with van der Waals surface area (Å²) in [4.78, 5) is 34.7. The molecule has 27 heavy (non-hydrogen) atoms. The Bertz CT molecular complexity index is 857. The number of esters is 1. The van der Waals surface area contributed by atoms with E-state index in [2.05, 4.69) is 10.1 Å². The number of hydrogen-bond donors (Lipinski definition) is 2. The average Bonchev–Trinajstić information content (AvgIpc) is 3.04. The van der Waals surface area contributed by atoms with Crippen LogP contribution >= 0.6 is 0 Å². The second-order valence-corrected chi connectivity index (χ2v) is 5.48. The molecule has 9 nitrogen and oxygen atoms in total. The molecule has 0 saturated carbocycles. The number of hydrogen-bond acceptors (Lipinski definition) is 7. The van der Waals surface area contributed by atoms with E-state index in [1.54, 1.807) is 6.92 Å². The van der Waals surface area contributed by atoms with Crippen molar-refractivity contribution in [1.29, 1.82) is 0 Å². The van der Waals surface area contributed by atoms with Crippen LogP contribution in [0.15, 0.2) is 28.7 Å². The number of nitrogens with one attached hydrogen (secondary N) is 1. The molecule has 2 rings (SSSR count). The summed E-state index contributed by atoms with van der Waals surface area (Å²) in [6.45, 7) is 1.41. The lowest BCUT2D eigenvalue weighted by Gasteiger charge is -2.11. The van der Waals surface area contributed by atoms with Crippen LogP contribution in [-0.4, -0.2) is 38.6 Å². The normalized spacial score (nSPS) is 10.2. The summed E-state index contributed by atoms with van der Waals surface area (Å²) in [7, 11) is 2.69. The highest BCUT2D eigenvalue weighted by atomic mass is 16.5. The molecule has 0 aliphatic carbocycles. The Morgan fingerprint density at radius 1 is 1.15 bits per heavy atom. The van der Waals surface area contributed by atoms with Crippen LogP contribution in [0, 0.1) is 6.92 Å². The molecule has 1 aromatic carbocycles. The van der Waals surface area contributed by atoms with Gasteiger partial charge in [0.05, 0.1) is 20.8 Å². The highest BCUT2D eigenvalue weighted by molar-refractivity contribution is 5.95. The third-order valence-electron chi connectivity index (χ3n) is 3.59. The fourth-order valence-electron chi connectivity index (χ4n) is 2.29. The van der Waals surface area contributed by atoms with Crippen molar-refractivity contribution in [3.63, 3.8) is 0 Å². The molecule has 0 bridgehead atoms. The third-order valence-corrected chi connectivity index (χ3v) is 3.59. The summed E-state index contributed by atoms with van der Waals surface area (Å²) < 4.78 is 20.5. The molecule has 0 aliphatic rings. The topological polar surface area (TPSA) is 130 Å². The molecule has 0 radical (unpaired) electrons. The molecular weight excluding hydrogens is 356 g/mol. The van der Waals surface area contributed by atoms with E-state index in [9.17, 15) is 14.4 Å². The molecule has 1 aromatic heterocycles. The van der Waals surface area contributed by atoms with Crippen molar-refractivity contribution in [1.82, 2.24) is 5.32 Å². The highest BCUT2D eigenvalue weighted by Gasteiger charge is 2.17. The third kappa shape index (κ3) is 5.00. The lowest BCUT2D eigenvalue weighted by atomic mass is 10.2. The quantitative estimate of drug-likeness (QED) is 0.662. The van der Waals surface area contributed by atoms with Gasteiger partial charge in [-0.05, 0) is 31.2 Å². The van der Waals surface area contributed by atoms with Gasteiger partial charge in [-0.3, -0.25) is 9.59 Å². The van der Waals surface area contributed by atoms with Gasteiger partial charge in [-0.2, -0.15) is 0 Å². The van der Waals surface area contributed by atoms with E-state index in [-0.39, 0.29) is 30.6 Å². The van der Waals surface area contributed by atoms with Crippen molar-refractivity contribution in [3.8, 4) is 11.5 Å². The van der Waals surface area contributed by atoms with E-state index in [4.69, 9.17) is 19.6 Å². The first-order valence-electron chi connectivity index (χ1n) is 7.90. The zero-order chi connectivity index (χ0) is 20.0. The SMILES string of the molecule is COC(=O)c1cc(CNC(=O)c2ccc(OCC(N)=O)c(OC)c2)oc1C. The van der Waals surface area contributed by atoms with Crippen LogP contribution < -0.4 is 20.5 Å². The minimum atomic E-state index is -0.626. The monoisotopic (exact) mass is 376 g/mol. The van der Waals surface area contributed by atoms with Crippen molar-refractivity contribution in [2.24, 2.45) is 5.73 Å². The fourth-order valence-corrected chi connectivity index (χ4v) is 2.29. The standard InChI is InChI=1S/C18H20N2O7/c1-10-13(18(23)25-3)7-12(27-10)8-20-17(22)11-4-5-14(15(6-11)24-2)26-9-16(19)21/h4-7H,8-9H2,1-3H3,(H2,19,21)(H,20,22). The van der Waals surface area contributed by atoms with Crippen molar-refractivity contribution in [2.45, 2.75) is 13.5 Å². The van der Waals surface area contributed by atoms with Crippen molar-refractivity contribution >= 4 is 17.8 Å². The van der Waals surface area contributed by atoms with Crippen LogP contribution in [0.25, 0.3) is 0 Å². The summed E-state index contributed by atoms with van der Waals surface area (Å²) in [6.07, 6.45) is 0. The Balaban J connectivity index is 2.05. The molecule has 3 N–H and O–H groups in total. The Labute approximate surface area is 155 Å². The van der Waals surface area contributed by atoms with E-state index in [1.165, 1.54) is 38.5 Å². The lowest BCUT2D eigenvalue weighted by molar-refractivity contribution is -0.119. The second-order valence-electron chi connectivity index (χ2n) is 5.48. The lowest BCUT2D eigenvalue weighted by Crippen LogP contribution is -2.23. The van der Waals surface area contributed by atoms with Crippen LogP contribution in [0.1, 0.15) is 32.2 Å². The Hall–Kier alpha value is -3.49. The number of primary amides is 1.